The number of rotatable bonds is 6. The summed E-state index contributed by atoms with van der Waals surface area (Å²) in [5.41, 5.74) is 3.04. The number of aryl methyl sites for hydroxylation is 2. The molecule has 0 radical (unpaired) electrons. The summed E-state index contributed by atoms with van der Waals surface area (Å²) in [6.07, 6.45) is -1.00. The molecular formula is C20H24N2O5. The van der Waals surface area contributed by atoms with Crippen LogP contribution in [0.1, 0.15) is 51.5 Å². The van der Waals surface area contributed by atoms with Gasteiger partial charge in [0, 0.05) is 11.4 Å². The van der Waals surface area contributed by atoms with Crippen LogP contribution in [-0.4, -0.2) is 35.5 Å². The van der Waals surface area contributed by atoms with Crippen molar-refractivity contribution in [3.63, 3.8) is 0 Å². The molecule has 1 amide bonds. The van der Waals surface area contributed by atoms with Gasteiger partial charge in [-0.3, -0.25) is 4.79 Å². The van der Waals surface area contributed by atoms with Crippen LogP contribution < -0.4 is 5.32 Å². The molecule has 7 nitrogen and oxygen atoms in total. The highest BCUT2D eigenvalue weighted by Crippen LogP contribution is 2.20. The topological polar surface area (TPSA) is 97.5 Å². The van der Waals surface area contributed by atoms with Crippen molar-refractivity contribution in [3.8, 4) is 0 Å². The number of hydrogen-bond donors (Lipinski definition) is 2. The molecule has 1 atom stereocenters. The molecule has 0 aliphatic carbocycles. The number of amides is 1. The number of anilines is 1. The smallest absolute Gasteiger partial charge is 0.355 e. The second kappa shape index (κ2) is 8.53. The third-order valence-electron chi connectivity index (χ3n) is 4.09. The molecule has 27 heavy (non-hydrogen) atoms. The first-order valence-electron chi connectivity index (χ1n) is 8.69. The Balaban J connectivity index is 2.08. The second-order valence-corrected chi connectivity index (χ2v) is 6.25. The fourth-order valence-electron chi connectivity index (χ4n) is 2.62. The van der Waals surface area contributed by atoms with Gasteiger partial charge in [0.15, 0.2) is 6.10 Å². The van der Waals surface area contributed by atoms with Crippen LogP contribution in [0.5, 0.6) is 0 Å². The number of aromatic nitrogens is 1. The Morgan fingerprint density at radius 2 is 1.70 bits per heavy atom. The Hall–Kier alpha value is -3.09. The zero-order valence-electron chi connectivity index (χ0n) is 16.1. The molecule has 1 aromatic heterocycles. The number of carbonyl (C=O) groups is 3. The monoisotopic (exact) mass is 372 g/mol. The van der Waals surface area contributed by atoms with E-state index in [9.17, 15) is 14.4 Å². The van der Waals surface area contributed by atoms with E-state index in [4.69, 9.17) is 9.47 Å². The lowest BCUT2D eigenvalue weighted by molar-refractivity contribution is -0.123. The normalized spacial score (nSPS) is 11.6. The van der Waals surface area contributed by atoms with E-state index in [0.717, 1.165) is 5.56 Å². The quantitative estimate of drug-likeness (QED) is 0.758. The van der Waals surface area contributed by atoms with Crippen molar-refractivity contribution in [2.45, 2.75) is 40.7 Å². The largest absolute Gasteiger partial charge is 0.461 e. The molecule has 0 spiro atoms. The summed E-state index contributed by atoms with van der Waals surface area (Å²) in [6.45, 7) is 8.65. The van der Waals surface area contributed by atoms with Crippen LogP contribution in [-0.2, 0) is 14.3 Å². The van der Waals surface area contributed by atoms with Crippen molar-refractivity contribution in [2.75, 3.05) is 11.9 Å². The summed E-state index contributed by atoms with van der Waals surface area (Å²) >= 11 is 0. The first-order chi connectivity index (χ1) is 12.7. The number of benzene rings is 1. The molecule has 0 aliphatic rings. The summed E-state index contributed by atoms with van der Waals surface area (Å²) in [5, 5.41) is 2.70. The highest BCUT2D eigenvalue weighted by Gasteiger charge is 2.26. The molecule has 2 rings (SSSR count). The number of esters is 2. The Morgan fingerprint density at radius 3 is 2.30 bits per heavy atom. The van der Waals surface area contributed by atoms with Crippen molar-refractivity contribution in [3.05, 3.63) is 52.3 Å². The van der Waals surface area contributed by atoms with E-state index in [1.165, 1.54) is 6.92 Å². The van der Waals surface area contributed by atoms with Crippen molar-refractivity contribution in [1.82, 2.24) is 4.98 Å². The molecule has 1 heterocycles. The number of carbonyl (C=O) groups excluding carboxylic acids is 3. The number of ether oxygens (including phenoxy) is 2. The van der Waals surface area contributed by atoms with Gasteiger partial charge in [0.05, 0.1) is 12.2 Å². The molecular weight excluding hydrogens is 348 g/mol. The maximum Gasteiger partial charge on any atom is 0.355 e. The summed E-state index contributed by atoms with van der Waals surface area (Å²) in [5.74, 6) is -1.66. The van der Waals surface area contributed by atoms with Gasteiger partial charge in [-0.25, -0.2) is 9.59 Å². The van der Waals surface area contributed by atoms with Gasteiger partial charge in [-0.1, -0.05) is 17.7 Å². The number of aromatic amines is 1. The minimum atomic E-state index is -1.00. The first-order valence-corrected chi connectivity index (χ1v) is 8.69. The maximum absolute atomic E-state index is 12.5. The molecule has 2 aromatic rings. The van der Waals surface area contributed by atoms with Gasteiger partial charge in [0.1, 0.15) is 5.69 Å². The summed E-state index contributed by atoms with van der Waals surface area (Å²) in [4.78, 5) is 39.6. The molecule has 0 saturated carbocycles. The van der Waals surface area contributed by atoms with Crippen LogP contribution in [0.3, 0.4) is 0 Å². The highest BCUT2D eigenvalue weighted by molar-refractivity contribution is 6.01. The average molecular weight is 372 g/mol. The highest BCUT2D eigenvalue weighted by atomic mass is 16.5. The Bertz CT molecular complexity index is 852. The predicted molar refractivity (Wildman–Crippen MR) is 101 cm³/mol. The minimum Gasteiger partial charge on any atom is -0.461 e. The number of hydrogen-bond acceptors (Lipinski definition) is 5. The van der Waals surface area contributed by atoms with Gasteiger partial charge in [-0.05, 0) is 52.3 Å². The fraction of sp³-hybridized carbons (Fsp3) is 0.350. The molecule has 2 N–H and O–H groups in total. The Morgan fingerprint density at radius 1 is 1.07 bits per heavy atom. The zero-order chi connectivity index (χ0) is 20.1. The van der Waals surface area contributed by atoms with Gasteiger partial charge in [-0.15, -0.1) is 0 Å². The molecule has 144 valence electrons. The standard InChI is InChI=1S/C20H24N2O5/c1-6-26-20(25)17-12(3)16(13(4)21-17)19(24)27-14(5)18(23)22-15-9-7-11(2)8-10-15/h7-10,14,21H,6H2,1-5H3,(H,22,23)/t14-/m1/s1. The fourth-order valence-corrected chi connectivity index (χ4v) is 2.62. The van der Waals surface area contributed by atoms with E-state index < -0.39 is 23.9 Å². The number of H-pyrrole nitrogens is 1. The van der Waals surface area contributed by atoms with Crippen molar-refractivity contribution in [2.24, 2.45) is 0 Å². The van der Waals surface area contributed by atoms with Gasteiger partial charge in [-0.2, -0.15) is 0 Å². The minimum absolute atomic E-state index is 0.207. The molecule has 7 heteroatoms. The summed E-state index contributed by atoms with van der Waals surface area (Å²) in [7, 11) is 0. The van der Waals surface area contributed by atoms with E-state index >= 15 is 0 Å². The van der Waals surface area contributed by atoms with Crippen LogP contribution in [0.25, 0.3) is 0 Å². The lowest BCUT2D eigenvalue weighted by atomic mass is 10.1. The molecule has 1 aromatic carbocycles. The maximum atomic E-state index is 12.5. The van der Waals surface area contributed by atoms with Gasteiger partial charge in [0.25, 0.3) is 5.91 Å². The lowest BCUT2D eigenvalue weighted by Crippen LogP contribution is -2.30. The van der Waals surface area contributed by atoms with Crippen LogP contribution in [0.4, 0.5) is 5.69 Å². The molecule has 0 saturated heterocycles. The van der Waals surface area contributed by atoms with Crippen LogP contribution >= 0.6 is 0 Å². The SMILES string of the molecule is CCOC(=O)c1[nH]c(C)c(C(=O)O[C@H](C)C(=O)Nc2ccc(C)cc2)c1C. The molecule has 0 fully saturated rings. The number of nitrogens with one attached hydrogen (secondary N) is 2. The Kier molecular flexibility index (Phi) is 6.39. The molecule has 0 unspecified atom stereocenters. The van der Waals surface area contributed by atoms with Crippen LogP contribution in [0.15, 0.2) is 24.3 Å². The van der Waals surface area contributed by atoms with E-state index in [1.54, 1.807) is 32.9 Å². The van der Waals surface area contributed by atoms with Gasteiger partial charge in [0.2, 0.25) is 0 Å². The summed E-state index contributed by atoms with van der Waals surface area (Å²) in [6, 6.07) is 7.28. The Labute approximate surface area is 158 Å². The average Bonchev–Trinajstić information content (AvgIpc) is 2.91. The molecule has 0 bridgehead atoms. The van der Waals surface area contributed by atoms with Crippen LogP contribution in [0, 0.1) is 20.8 Å². The third kappa shape index (κ3) is 4.75. The predicted octanol–water partition coefficient (Wildman–Crippen LogP) is 3.30. The zero-order valence-corrected chi connectivity index (χ0v) is 16.1. The van der Waals surface area contributed by atoms with E-state index in [0.29, 0.717) is 16.9 Å². The third-order valence-corrected chi connectivity index (χ3v) is 4.09. The van der Waals surface area contributed by atoms with E-state index in [-0.39, 0.29) is 17.9 Å². The van der Waals surface area contributed by atoms with Crippen molar-refractivity contribution < 1.29 is 23.9 Å². The lowest BCUT2D eigenvalue weighted by Gasteiger charge is -2.14. The van der Waals surface area contributed by atoms with Crippen molar-refractivity contribution >= 4 is 23.5 Å². The van der Waals surface area contributed by atoms with Crippen LogP contribution in [0.2, 0.25) is 0 Å². The van der Waals surface area contributed by atoms with Crippen molar-refractivity contribution in [1.29, 1.82) is 0 Å². The van der Waals surface area contributed by atoms with Gasteiger partial charge < -0.3 is 19.8 Å². The summed E-state index contributed by atoms with van der Waals surface area (Å²) < 4.78 is 10.3. The van der Waals surface area contributed by atoms with E-state index in [2.05, 4.69) is 10.3 Å². The van der Waals surface area contributed by atoms with E-state index in [1.807, 2.05) is 19.1 Å². The van der Waals surface area contributed by atoms with Gasteiger partial charge >= 0.3 is 11.9 Å². The molecule has 0 aliphatic heterocycles. The second-order valence-electron chi connectivity index (χ2n) is 6.25. The first kappa shape index (κ1) is 20.2.